The van der Waals surface area contributed by atoms with Gasteiger partial charge in [0, 0.05) is 18.4 Å². The minimum Gasteiger partial charge on any atom is -0.371 e. The van der Waals surface area contributed by atoms with Gasteiger partial charge < -0.3 is 4.74 Å². The number of ketones is 1. The van der Waals surface area contributed by atoms with Gasteiger partial charge in [-0.15, -0.1) is 6.58 Å². The first-order valence-electron chi connectivity index (χ1n) is 9.07. The summed E-state index contributed by atoms with van der Waals surface area (Å²) in [5.74, 6) is 1.14. The monoisotopic (exact) mass is 338 g/mol. The lowest BCUT2D eigenvalue weighted by Gasteiger charge is -2.47. The van der Waals surface area contributed by atoms with Crippen LogP contribution in [0.5, 0.6) is 0 Å². The Balaban J connectivity index is 1.69. The van der Waals surface area contributed by atoms with Crippen molar-refractivity contribution in [1.82, 2.24) is 0 Å². The Kier molecular flexibility index (Phi) is 3.70. The van der Waals surface area contributed by atoms with E-state index < -0.39 is 8.07 Å². The molecule has 0 aromatic heterocycles. The molecule has 3 heteroatoms. The summed E-state index contributed by atoms with van der Waals surface area (Å²) in [6, 6.07) is 10.8. The van der Waals surface area contributed by atoms with Gasteiger partial charge in [-0.05, 0) is 37.3 Å². The van der Waals surface area contributed by atoms with Crippen molar-refractivity contribution in [2.75, 3.05) is 6.61 Å². The van der Waals surface area contributed by atoms with E-state index in [2.05, 4.69) is 56.1 Å². The van der Waals surface area contributed by atoms with Crippen LogP contribution in [0.25, 0.3) is 0 Å². The minimum absolute atomic E-state index is 0.133. The first kappa shape index (κ1) is 16.0. The van der Waals surface area contributed by atoms with Gasteiger partial charge >= 0.3 is 0 Å². The van der Waals surface area contributed by atoms with Crippen molar-refractivity contribution >= 4 is 19.0 Å². The van der Waals surface area contributed by atoms with Gasteiger partial charge in [-0.1, -0.05) is 53.8 Å². The van der Waals surface area contributed by atoms with Crippen molar-refractivity contribution < 1.29 is 9.53 Å². The number of allylic oxidation sites excluding steroid dienone is 2. The molecule has 1 aromatic carbocycles. The molecule has 0 amide bonds. The zero-order valence-corrected chi connectivity index (χ0v) is 15.6. The lowest BCUT2D eigenvalue weighted by atomic mass is 9.68. The van der Waals surface area contributed by atoms with E-state index in [1.807, 2.05) is 0 Å². The molecule has 2 fully saturated rings. The summed E-state index contributed by atoms with van der Waals surface area (Å²) in [6.07, 6.45) is 6.85. The number of hydrogen-bond donors (Lipinski definition) is 0. The molecule has 0 N–H and O–H groups in total. The van der Waals surface area contributed by atoms with Crippen molar-refractivity contribution in [3.05, 3.63) is 54.3 Å². The van der Waals surface area contributed by atoms with Crippen LogP contribution >= 0.6 is 0 Å². The quantitative estimate of drug-likeness (QED) is 0.787. The van der Waals surface area contributed by atoms with Crippen molar-refractivity contribution in [3.63, 3.8) is 0 Å². The highest BCUT2D eigenvalue weighted by atomic mass is 28.3. The van der Waals surface area contributed by atoms with Crippen LogP contribution in [0.3, 0.4) is 0 Å². The normalized spacial score (nSPS) is 34.9. The van der Waals surface area contributed by atoms with Crippen LogP contribution in [0.4, 0.5) is 0 Å². The highest BCUT2D eigenvalue weighted by Gasteiger charge is 2.58. The fourth-order valence-corrected chi connectivity index (χ4v) is 7.86. The van der Waals surface area contributed by atoms with Crippen LogP contribution in [0.1, 0.15) is 19.3 Å². The largest absolute Gasteiger partial charge is 0.371 e. The molecule has 1 aromatic rings. The number of ether oxygens (including phenoxy) is 1. The molecule has 4 rings (SSSR count). The molecule has 0 radical (unpaired) electrons. The van der Waals surface area contributed by atoms with Crippen molar-refractivity contribution in [2.45, 2.75) is 38.0 Å². The highest BCUT2D eigenvalue weighted by molar-refractivity contribution is 6.95. The standard InChI is InChI=1S/C21H26O2Si/c1-15(24(2,3)16-7-5-4-6-8-16)17-9-12-21-13-10-19(22)18(20(17)21)11-14-23-21/h4-8,10,13,17-18,20H,1,9,11-12,14H2,2-3H3/t17-,18?,20?,21?/m0/s1. The van der Waals surface area contributed by atoms with Gasteiger partial charge in [-0.25, -0.2) is 0 Å². The van der Waals surface area contributed by atoms with E-state index in [0.717, 1.165) is 25.9 Å². The molecule has 3 unspecified atom stereocenters. The van der Waals surface area contributed by atoms with Crippen LogP contribution in [0, 0.1) is 17.8 Å². The molecule has 1 aliphatic heterocycles. The van der Waals surface area contributed by atoms with E-state index >= 15 is 0 Å². The summed E-state index contributed by atoms with van der Waals surface area (Å²) < 4.78 is 6.24. The zero-order chi connectivity index (χ0) is 16.9. The maximum Gasteiger partial charge on any atom is 0.159 e. The van der Waals surface area contributed by atoms with E-state index in [-0.39, 0.29) is 11.5 Å². The van der Waals surface area contributed by atoms with E-state index in [4.69, 9.17) is 4.74 Å². The Morgan fingerprint density at radius 3 is 2.75 bits per heavy atom. The summed E-state index contributed by atoms with van der Waals surface area (Å²) in [7, 11) is -1.78. The number of benzene rings is 1. The third-order valence-corrected chi connectivity index (χ3v) is 10.5. The first-order valence-corrected chi connectivity index (χ1v) is 12.1. The molecular weight excluding hydrogens is 312 g/mol. The molecule has 1 heterocycles. The molecule has 126 valence electrons. The van der Waals surface area contributed by atoms with Gasteiger partial charge in [0.25, 0.3) is 0 Å². The third kappa shape index (κ3) is 2.21. The molecule has 24 heavy (non-hydrogen) atoms. The number of rotatable bonds is 3. The Bertz CT molecular complexity index is 706. The molecule has 1 saturated heterocycles. The Labute approximate surface area is 145 Å². The average molecular weight is 339 g/mol. The molecule has 2 aliphatic carbocycles. The topological polar surface area (TPSA) is 26.3 Å². The van der Waals surface area contributed by atoms with Crippen LogP contribution in [0.15, 0.2) is 54.3 Å². The van der Waals surface area contributed by atoms with Gasteiger partial charge in [-0.3, -0.25) is 4.79 Å². The molecule has 3 aliphatic rings. The van der Waals surface area contributed by atoms with Crippen LogP contribution in [0.2, 0.25) is 13.1 Å². The average Bonchev–Trinajstić information content (AvgIpc) is 3.00. The first-order chi connectivity index (χ1) is 11.5. The summed E-state index contributed by atoms with van der Waals surface area (Å²) in [5, 5.41) is 2.82. The fraction of sp³-hybridized carbons (Fsp3) is 0.476. The zero-order valence-electron chi connectivity index (χ0n) is 14.6. The Hall–Kier alpha value is -1.45. The van der Waals surface area contributed by atoms with Gasteiger partial charge in [0.2, 0.25) is 0 Å². The summed E-state index contributed by atoms with van der Waals surface area (Å²) in [4.78, 5) is 12.5. The Morgan fingerprint density at radius 2 is 2.00 bits per heavy atom. The predicted molar refractivity (Wildman–Crippen MR) is 99.8 cm³/mol. The number of hydrogen-bond acceptors (Lipinski definition) is 2. The van der Waals surface area contributed by atoms with Crippen LogP contribution in [-0.4, -0.2) is 26.1 Å². The molecule has 1 saturated carbocycles. The lowest BCUT2D eigenvalue weighted by molar-refractivity contribution is -0.141. The van der Waals surface area contributed by atoms with Gasteiger partial charge in [0.15, 0.2) is 5.78 Å². The van der Waals surface area contributed by atoms with Crippen molar-refractivity contribution in [3.8, 4) is 0 Å². The van der Waals surface area contributed by atoms with Crippen molar-refractivity contribution in [2.24, 2.45) is 17.8 Å². The second kappa shape index (κ2) is 5.53. The molecule has 4 atom stereocenters. The highest BCUT2D eigenvalue weighted by Crippen LogP contribution is 2.56. The van der Waals surface area contributed by atoms with E-state index in [9.17, 15) is 4.79 Å². The molecule has 2 bridgehead atoms. The summed E-state index contributed by atoms with van der Waals surface area (Å²) in [6.45, 7) is 10.1. The molecule has 2 nitrogen and oxygen atoms in total. The number of carbonyl (C=O) groups is 1. The predicted octanol–water partition coefficient (Wildman–Crippen LogP) is 3.64. The smallest absolute Gasteiger partial charge is 0.159 e. The Morgan fingerprint density at radius 1 is 1.25 bits per heavy atom. The van der Waals surface area contributed by atoms with Gasteiger partial charge in [0.05, 0.1) is 5.60 Å². The second-order valence-electron chi connectivity index (χ2n) is 8.12. The molecular formula is C21H26O2Si. The van der Waals surface area contributed by atoms with E-state index in [1.54, 1.807) is 6.08 Å². The SMILES string of the molecule is C=C([C@@H]1CCC23C=CC(=O)C(CCO2)C13)[Si](C)(C)c1ccccc1. The van der Waals surface area contributed by atoms with E-state index in [1.165, 1.54) is 10.4 Å². The number of carbonyl (C=O) groups excluding carboxylic acids is 1. The third-order valence-electron chi connectivity index (χ3n) is 6.72. The van der Waals surface area contributed by atoms with Crippen LogP contribution in [-0.2, 0) is 9.53 Å². The van der Waals surface area contributed by atoms with E-state index in [0.29, 0.717) is 17.6 Å². The fourth-order valence-electron chi connectivity index (χ4n) is 5.22. The maximum absolute atomic E-state index is 12.5. The van der Waals surface area contributed by atoms with Crippen molar-refractivity contribution in [1.29, 1.82) is 0 Å². The minimum atomic E-state index is -1.78. The van der Waals surface area contributed by atoms with Gasteiger partial charge in [0.1, 0.15) is 8.07 Å². The van der Waals surface area contributed by atoms with Crippen LogP contribution < -0.4 is 5.19 Å². The summed E-state index contributed by atoms with van der Waals surface area (Å²) in [5.41, 5.74) is -0.203. The summed E-state index contributed by atoms with van der Waals surface area (Å²) >= 11 is 0. The maximum atomic E-state index is 12.5. The lowest BCUT2D eigenvalue weighted by Crippen LogP contribution is -2.53. The second-order valence-corrected chi connectivity index (χ2v) is 12.6. The van der Waals surface area contributed by atoms with Gasteiger partial charge in [-0.2, -0.15) is 0 Å². The molecule has 0 spiro atoms.